The number of nitrogens with zero attached hydrogens (tertiary/aromatic N) is 1. The molecule has 0 aliphatic carbocycles. The first-order chi connectivity index (χ1) is 20.2. The van der Waals surface area contributed by atoms with Crippen LogP contribution in [0.4, 0.5) is 16.2 Å². The summed E-state index contributed by atoms with van der Waals surface area (Å²) in [5, 5.41) is 10.7. The molecule has 0 radical (unpaired) electrons. The van der Waals surface area contributed by atoms with Crippen molar-refractivity contribution in [3.63, 3.8) is 0 Å². The topological polar surface area (TPSA) is 98.8 Å². The zero-order valence-corrected chi connectivity index (χ0v) is 25.8. The van der Waals surface area contributed by atoms with E-state index in [1.54, 1.807) is 49.5 Å². The van der Waals surface area contributed by atoms with E-state index in [1.165, 1.54) is 0 Å². The SMILES string of the molecule is CCOc1csc(C2(c3ccc(C(=O)Nc4cc(-c5cccs5)ccc4NC(=O)OC(C)(C)C)cc3)CCOCC2)n1. The van der Waals surface area contributed by atoms with Crippen molar-refractivity contribution in [3.05, 3.63) is 81.5 Å². The number of hydrogen-bond donors (Lipinski definition) is 2. The van der Waals surface area contributed by atoms with Crippen molar-refractivity contribution in [2.75, 3.05) is 30.5 Å². The number of thiophene rings is 1. The molecule has 0 atom stereocenters. The van der Waals surface area contributed by atoms with Crippen LogP contribution in [0.5, 0.6) is 5.88 Å². The van der Waals surface area contributed by atoms with Crippen molar-refractivity contribution in [2.45, 2.75) is 51.6 Å². The number of anilines is 2. The van der Waals surface area contributed by atoms with Gasteiger partial charge in [-0.05, 0) is 87.4 Å². The summed E-state index contributed by atoms with van der Waals surface area (Å²) in [6.45, 7) is 9.19. The lowest BCUT2D eigenvalue weighted by atomic mass is 9.74. The maximum Gasteiger partial charge on any atom is 0.412 e. The van der Waals surface area contributed by atoms with E-state index >= 15 is 0 Å². The predicted octanol–water partition coefficient (Wildman–Crippen LogP) is 7.97. The van der Waals surface area contributed by atoms with Crippen LogP contribution in [0.3, 0.4) is 0 Å². The van der Waals surface area contributed by atoms with E-state index in [0.29, 0.717) is 42.6 Å². The highest BCUT2D eigenvalue weighted by Crippen LogP contribution is 2.43. The van der Waals surface area contributed by atoms with Crippen molar-refractivity contribution in [2.24, 2.45) is 0 Å². The molecule has 220 valence electrons. The van der Waals surface area contributed by atoms with Gasteiger partial charge in [-0.1, -0.05) is 24.3 Å². The van der Waals surface area contributed by atoms with Gasteiger partial charge >= 0.3 is 6.09 Å². The Labute approximate surface area is 254 Å². The normalized spacial score (nSPS) is 14.7. The summed E-state index contributed by atoms with van der Waals surface area (Å²) in [7, 11) is 0. The number of rotatable bonds is 8. The zero-order valence-electron chi connectivity index (χ0n) is 24.2. The Morgan fingerprint density at radius 1 is 1.00 bits per heavy atom. The van der Waals surface area contributed by atoms with Gasteiger partial charge in [0.1, 0.15) is 10.6 Å². The van der Waals surface area contributed by atoms with Crippen LogP contribution >= 0.6 is 22.7 Å². The average Bonchev–Trinajstić information content (AvgIpc) is 3.67. The van der Waals surface area contributed by atoms with Crippen molar-refractivity contribution in [3.8, 4) is 16.3 Å². The van der Waals surface area contributed by atoms with E-state index in [4.69, 9.17) is 19.2 Å². The van der Waals surface area contributed by atoms with E-state index in [9.17, 15) is 9.59 Å². The second-order valence-corrected chi connectivity index (χ2v) is 12.8. The first-order valence-electron chi connectivity index (χ1n) is 13.9. The van der Waals surface area contributed by atoms with Crippen LogP contribution in [0.1, 0.15) is 61.5 Å². The lowest BCUT2D eigenvalue weighted by Gasteiger charge is -2.36. The molecular formula is C32H35N3O5S2. The fourth-order valence-electron chi connectivity index (χ4n) is 4.94. The molecule has 5 rings (SSSR count). The third kappa shape index (κ3) is 6.83. The maximum atomic E-state index is 13.5. The monoisotopic (exact) mass is 605 g/mol. The number of thiazole rings is 1. The molecule has 2 amide bonds. The number of carbonyl (C=O) groups excluding carboxylic acids is 2. The Morgan fingerprint density at radius 2 is 1.76 bits per heavy atom. The number of ether oxygens (including phenoxy) is 3. The van der Waals surface area contributed by atoms with Gasteiger partial charge in [0, 0.05) is 23.7 Å². The second-order valence-electron chi connectivity index (χ2n) is 11.0. The van der Waals surface area contributed by atoms with Crippen LogP contribution in [0.25, 0.3) is 10.4 Å². The molecule has 0 saturated carbocycles. The number of carbonyl (C=O) groups is 2. The maximum absolute atomic E-state index is 13.5. The van der Waals surface area contributed by atoms with E-state index in [0.717, 1.165) is 33.9 Å². The molecule has 2 aromatic heterocycles. The van der Waals surface area contributed by atoms with Gasteiger partial charge in [0.15, 0.2) is 0 Å². The summed E-state index contributed by atoms with van der Waals surface area (Å²) < 4.78 is 16.8. The molecular weight excluding hydrogens is 571 g/mol. The minimum absolute atomic E-state index is 0.286. The molecule has 0 spiro atoms. The van der Waals surface area contributed by atoms with Crippen LogP contribution in [0.15, 0.2) is 65.4 Å². The van der Waals surface area contributed by atoms with E-state index in [-0.39, 0.29) is 11.3 Å². The third-order valence-electron chi connectivity index (χ3n) is 6.94. The summed E-state index contributed by atoms with van der Waals surface area (Å²) in [6, 6.07) is 17.2. The summed E-state index contributed by atoms with van der Waals surface area (Å²) >= 11 is 3.20. The molecule has 0 bridgehead atoms. The van der Waals surface area contributed by atoms with Gasteiger partial charge in [0.2, 0.25) is 5.88 Å². The Kier molecular flexibility index (Phi) is 8.96. The Hall–Kier alpha value is -3.73. The van der Waals surface area contributed by atoms with Crippen molar-refractivity contribution in [1.82, 2.24) is 4.98 Å². The standard InChI is InChI=1S/C32H35N3O5S2/c1-5-39-27-20-42-29(35-27)32(14-16-38-17-15-32)23-11-8-21(9-12-23)28(36)33-25-19-22(26-7-6-18-41-26)10-13-24(25)34-30(37)40-31(2,3)4/h6-13,18-20H,5,14-17H2,1-4H3,(H,33,36)(H,34,37). The van der Waals surface area contributed by atoms with Gasteiger partial charge in [-0.25, -0.2) is 9.78 Å². The molecule has 8 nitrogen and oxygen atoms in total. The van der Waals surface area contributed by atoms with Crippen LogP contribution in [-0.2, 0) is 14.9 Å². The quantitative estimate of drug-likeness (QED) is 0.211. The Morgan fingerprint density at radius 3 is 2.43 bits per heavy atom. The average molecular weight is 606 g/mol. The minimum atomic E-state index is -0.656. The van der Waals surface area contributed by atoms with Gasteiger partial charge in [-0.15, -0.1) is 22.7 Å². The Bertz CT molecular complexity index is 1520. The first-order valence-corrected chi connectivity index (χ1v) is 15.7. The summed E-state index contributed by atoms with van der Waals surface area (Å²) in [4.78, 5) is 31.9. The molecule has 3 heterocycles. The molecule has 1 aliphatic heterocycles. The highest BCUT2D eigenvalue weighted by Gasteiger charge is 2.39. The second kappa shape index (κ2) is 12.6. The number of aromatic nitrogens is 1. The molecule has 10 heteroatoms. The summed E-state index contributed by atoms with van der Waals surface area (Å²) in [5.41, 5.74) is 2.50. The molecule has 1 saturated heterocycles. The lowest BCUT2D eigenvalue weighted by molar-refractivity contribution is 0.0627. The molecule has 42 heavy (non-hydrogen) atoms. The molecule has 4 aromatic rings. The van der Waals surface area contributed by atoms with Gasteiger partial charge in [0.05, 0.1) is 28.8 Å². The molecule has 0 unspecified atom stereocenters. The fraction of sp³-hybridized carbons (Fsp3) is 0.344. The third-order valence-corrected chi connectivity index (χ3v) is 8.88. The van der Waals surface area contributed by atoms with Gasteiger partial charge in [0.25, 0.3) is 5.91 Å². The van der Waals surface area contributed by atoms with Gasteiger partial charge < -0.3 is 19.5 Å². The number of hydrogen-bond acceptors (Lipinski definition) is 8. The molecule has 2 N–H and O–H groups in total. The molecule has 2 aromatic carbocycles. The first kappa shape index (κ1) is 29.8. The van der Waals surface area contributed by atoms with Gasteiger partial charge in [-0.3, -0.25) is 10.1 Å². The fourth-order valence-corrected chi connectivity index (χ4v) is 6.69. The smallest absolute Gasteiger partial charge is 0.412 e. The van der Waals surface area contributed by atoms with E-state index < -0.39 is 11.7 Å². The highest BCUT2D eigenvalue weighted by molar-refractivity contribution is 7.13. The van der Waals surface area contributed by atoms with Crippen LogP contribution in [-0.4, -0.2) is 42.4 Å². The summed E-state index contributed by atoms with van der Waals surface area (Å²) in [5.74, 6) is 0.353. The van der Waals surface area contributed by atoms with Crippen LogP contribution in [0.2, 0.25) is 0 Å². The van der Waals surface area contributed by atoms with Crippen molar-refractivity contribution >= 4 is 46.0 Å². The number of nitrogens with one attached hydrogen (secondary N) is 2. The number of benzene rings is 2. The van der Waals surface area contributed by atoms with Crippen LogP contribution < -0.4 is 15.4 Å². The lowest BCUT2D eigenvalue weighted by Crippen LogP contribution is -2.35. The van der Waals surface area contributed by atoms with E-state index in [1.807, 2.05) is 66.2 Å². The van der Waals surface area contributed by atoms with Gasteiger partial charge in [-0.2, -0.15) is 0 Å². The molecule has 1 aliphatic rings. The predicted molar refractivity (Wildman–Crippen MR) is 168 cm³/mol. The van der Waals surface area contributed by atoms with Crippen molar-refractivity contribution < 1.29 is 23.8 Å². The largest absolute Gasteiger partial charge is 0.477 e. The minimum Gasteiger partial charge on any atom is -0.477 e. The van der Waals surface area contributed by atoms with E-state index in [2.05, 4.69) is 10.6 Å². The highest BCUT2D eigenvalue weighted by atomic mass is 32.1. The zero-order chi connectivity index (χ0) is 29.7. The Balaban J connectivity index is 1.40. The molecule has 1 fully saturated rings. The van der Waals surface area contributed by atoms with Crippen LogP contribution in [0, 0.1) is 0 Å². The number of amides is 2. The summed E-state index contributed by atoms with van der Waals surface area (Å²) in [6.07, 6.45) is 1.00. The van der Waals surface area contributed by atoms with Crippen molar-refractivity contribution in [1.29, 1.82) is 0 Å².